The molecule has 0 unspecified atom stereocenters. The van der Waals surface area contributed by atoms with Crippen molar-refractivity contribution in [1.82, 2.24) is 0 Å². The van der Waals surface area contributed by atoms with Gasteiger partial charge in [-0.05, 0) is 116 Å². The topological polar surface area (TPSA) is 52.0 Å². The van der Waals surface area contributed by atoms with Crippen LogP contribution in [0.1, 0.15) is 66.0 Å². The van der Waals surface area contributed by atoms with E-state index in [0.29, 0.717) is 5.92 Å². The van der Waals surface area contributed by atoms with E-state index in [1.54, 1.807) is 0 Å². The van der Waals surface area contributed by atoms with Gasteiger partial charge < -0.3 is 11.5 Å². The van der Waals surface area contributed by atoms with Gasteiger partial charge in [0.25, 0.3) is 0 Å². The lowest BCUT2D eigenvalue weighted by Gasteiger charge is -2.44. The maximum atomic E-state index is 7.01. The molecule has 1 aliphatic carbocycles. The van der Waals surface area contributed by atoms with Crippen LogP contribution < -0.4 is 11.5 Å². The van der Waals surface area contributed by atoms with Gasteiger partial charge in [0.1, 0.15) is 0 Å². The van der Waals surface area contributed by atoms with E-state index in [-0.39, 0.29) is 5.41 Å². The molecule has 6 aromatic rings. The molecular formula is C47H48N2. The van der Waals surface area contributed by atoms with Gasteiger partial charge in [0, 0.05) is 27.9 Å². The van der Waals surface area contributed by atoms with Gasteiger partial charge >= 0.3 is 0 Å². The van der Waals surface area contributed by atoms with Crippen molar-refractivity contribution < 1.29 is 0 Å². The summed E-state index contributed by atoms with van der Waals surface area (Å²) in [6.07, 6.45) is 4.38. The number of hydrogen-bond donors (Lipinski definition) is 2. The minimum Gasteiger partial charge on any atom is -0.398 e. The summed E-state index contributed by atoms with van der Waals surface area (Å²) < 4.78 is 0. The van der Waals surface area contributed by atoms with Gasteiger partial charge in [-0.15, -0.1) is 0 Å². The van der Waals surface area contributed by atoms with Gasteiger partial charge in [-0.25, -0.2) is 0 Å². The Morgan fingerprint density at radius 3 is 1.00 bits per heavy atom. The largest absolute Gasteiger partial charge is 0.398 e. The molecular weight excluding hydrogens is 593 g/mol. The molecule has 0 bridgehead atoms. The minimum atomic E-state index is -0.271. The summed E-state index contributed by atoms with van der Waals surface area (Å²) in [5, 5.41) is 0. The highest BCUT2D eigenvalue weighted by atomic mass is 14.6. The third kappa shape index (κ3) is 6.06. The molecule has 0 spiro atoms. The van der Waals surface area contributed by atoms with Crippen molar-refractivity contribution in [2.45, 2.75) is 65.7 Å². The van der Waals surface area contributed by atoms with Crippen LogP contribution in [0.5, 0.6) is 0 Å². The number of nitrogens with two attached hydrogens (primary N) is 2. The van der Waals surface area contributed by atoms with Crippen LogP contribution in [0.4, 0.5) is 11.4 Å². The van der Waals surface area contributed by atoms with Gasteiger partial charge in [-0.2, -0.15) is 0 Å². The van der Waals surface area contributed by atoms with Crippen LogP contribution in [0.2, 0.25) is 0 Å². The Labute approximate surface area is 292 Å². The quantitative estimate of drug-likeness (QED) is 0.178. The first kappa shape index (κ1) is 32.5. The zero-order chi connectivity index (χ0) is 34.3. The first-order valence-corrected chi connectivity index (χ1v) is 17.8. The second-order valence-corrected chi connectivity index (χ2v) is 14.6. The van der Waals surface area contributed by atoms with Gasteiger partial charge in [-0.3, -0.25) is 0 Å². The van der Waals surface area contributed by atoms with Crippen molar-refractivity contribution in [1.29, 1.82) is 0 Å². The van der Waals surface area contributed by atoms with E-state index in [2.05, 4.69) is 156 Å². The van der Waals surface area contributed by atoms with Gasteiger partial charge in [0.05, 0.1) is 0 Å². The Morgan fingerprint density at radius 2 is 0.694 bits per heavy atom. The number of benzene rings is 6. The van der Waals surface area contributed by atoms with Crippen LogP contribution in [-0.2, 0) is 5.41 Å². The maximum Gasteiger partial charge on any atom is 0.0400 e. The molecule has 6 aromatic carbocycles. The molecule has 246 valence electrons. The molecule has 2 nitrogen and oxygen atoms in total. The van der Waals surface area contributed by atoms with Crippen LogP contribution in [0.15, 0.2) is 121 Å². The number of anilines is 2. The van der Waals surface area contributed by atoms with Gasteiger partial charge in [0.2, 0.25) is 0 Å². The van der Waals surface area contributed by atoms with Crippen LogP contribution in [0.3, 0.4) is 0 Å². The lowest BCUT2D eigenvalue weighted by Crippen LogP contribution is -2.34. The van der Waals surface area contributed by atoms with E-state index in [0.717, 1.165) is 59.3 Å². The Balaban J connectivity index is 1.61. The molecule has 2 heteroatoms. The lowest BCUT2D eigenvalue weighted by atomic mass is 9.59. The fourth-order valence-corrected chi connectivity index (χ4v) is 8.08. The number of hydrogen-bond acceptors (Lipinski definition) is 2. The van der Waals surface area contributed by atoms with E-state index in [1.807, 2.05) is 0 Å². The van der Waals surface area contributed by atoms with Crippen LogP contribution in [0.25, 0.3) is 44.5 Å². The first-order valence-electron chi connectivity index (χ1n) is 17.8. The van der Waals surface area contributed by atoms with Crippen molar-refractivity contribution in [3.05, 3.63) is 155 Å². The van der Waals surface area contributed by atoms with Gasteiger partial charge in [0.15, 0.2) is 0 Å². The van der Waals surface area contributed by atoms with Crippen LogP contribution in [-0.4, -0.2) is 0 Å². The normalized spacial score (nSPS) is 14.6. The molecule has 1 saturated carbocycles. The summed E-state index contributed by atoms with van der Waals surface area (Å²) in [5.41, 5.74) is 32.4. The molecule has 49 heavy (non-hydrogen) atoms. The summed E-state index contributed by atoms with van der Waals surface area (Å²) >= 11 is 0. The highest BCUT2D eigenvalue weighted by molar-refractivity contribution is 5.97. The summed E-state index contributed by atoms with van der Waals surface area (Å²) in [6, 6.07) is 44.8. The first-order chi connectivity index (χ1) is 23.6. The third-order valence-corrected chi connectivity index (χ3v) is 11.0. The Morgan fingerprint density at radius 1 is 0.408 bits per heavy atom. The number of nitrogen functional groups attached to an aromatic ring is 2. The van der Waals surface area contributed by atoms with Crippen molar-refractivity contribution in [3.63, 3.8) is 0 Å². The maximum absolute atomic E-state index is 7.01. The Hall–Kier alpha value is -5.08. The van der Waals surface area contributed by atoms with Crippen LogP contribution >= 0.6 is 0 Å². The third-order valence-electron chi connectivity index (χ3n) is 11.0. The zero-order valence-corrected chi connectivity index (χ0v) is 29.6. The zero-order valence-electron chi connectivity index (χ0n) is 29.6. The Bertz CT molecular complexity index is 1950. The summed E-state index contributed by atoms with van der Waals surface area (Å²) in [4.78, 5) is 0. The highest BCUT2D eigenvalue weighted by Gasteiger charge is 2.42. The predicted octanol–water partition coefficient (Wildman–Crippen LogP) is 12.2. The molecule has 0 saturated heterocycles. The van der Waals surface area contributed by atoms with E-state index >= 15 is 0 Å². The average molecular weight is 641 g/mol. The molecule has 0 heterocycles. The predicted molar refractivity (Wildman–Crippen MR) is 211 cm³/mol. The van der Waals surface area contributed by atoms with E-state index in [4.69, 9.17) is 11.5 Å². The average Bonchev–Trinajstić information content (AvgIpc) is 3.10. The fraction of sp³-hybridized carbons (Fsp3) is 0.234. The minimum absolute atomic E-state index is 0.271. The Kier molecular flexibility index (Phi) is 8.67. The second-order valence-electron chi connectivity index (χ2n) is 14.6. The molecule has 0 amide bonds. The molecule has 4 N–H and O–H groups in total. The van der Waals surface area contributed by atoms with E-state index in [1.165, 1.54) is 55.6 Å². The molecule has 0 atom stereocenters. The van der Waals surface area contributed by atoms with Crippen molar-refractivity contribution in [3.8, 4) is 44.5 Å². The number of rotatable bonds is 6. The molecule has 0 aromatic heterocycles. The van der Waals surface area contributed by atoms with E-state index in [9.17, 15) is 0 Å². The van der Waals surface area contributed by atoms with Gasteiger partial charge in [-0.1, -0.05) is 138 Å². The molecule has 0 radical (unpaired) electrons. The number of aryl methyl sites for hydroxylation is 4. The SMILES string of the molecule is Cc1ccc(-c2c(N)ccc(C3(c4ccc(N)c(-c5ccc(C)cc5)c4-c4ccc(C)cc4)CCC(C)CC3)c2-c2ccc(C)cc2)cc1. The lowest BCUT2D eigenvalue weighted by molar-refractivity contribution is 0.281. The van der Waals surface area contributed by atoms with Crippen molar-refractivity contribution in [2.24, 2.45) is 5.92 Å². The van der Waals surface area contributed by atoms with Crippen molar-refractivity contribution in [2.75, 3.05) is 11.5 Å². The fourth-order valence-electron chi connectivity index (χ4n) is 8.08. The molecule has 1 fully saturated rings. The molecule has 1 aliphatic rings. The van der Waals surface area contributed by atoms with E-state index < -0.39 is 0 Å². The van der Waals surface area contributed by atoms with Crippen molar-refractivity contribution >= 4 is 11.4 Å². The summed E-state index contributed by atoms with van der Waals surface area (Å²) in [7, 11) is 0. The summed E-state index contributed by atoms with van der Waals surface area (Å²) in [6.45, 7) is 11.0. The molecule has 0 aliphatic heterocycles. The van der Waals surface area contributed by atoms with Crippen LogP contribution in [0, 0.1) is 33.6 Å². The standard InChI is InChI=1S/C47H48N2/c1-30-6-14-35(15-7-30)43-39(22-24-41(48)45(43)37-18-10-32(3)11-19-37)47(28-26-34(5)27-29-47)40-23-25-42(49)46(38-20-12-33(4)13-21-38)44(40)36-16-8-31(2)9-17-36/h6-25,34H,26-29,48-49H2,1-5H3. The molecule has 7 rings (SSSR count). The highest BCUT2D eigenvalue weighted by Crippen LogP contribution is 2.56. The summed E-state index contributed by atoms with van der Waals surface area (Å²) in [5.74, 6) is 0.662. The smallest absolute Gasteiger partial charge is 0.0400 e. The monoisotopic (exact) mass is 640 g/mol. The second kappa shape index (κ2) is 13.1.